The van der Waals surface area contributed by atoms with Crippen molar-refractivity contribution in [3.05, 3.63) is 29.1 Å². The van der Waals surface area contributed by atoms with Crippen molar-refractivity contribution in [2.75, 3.05) is 64.0 Å². The minimum absolute atomic E-state index is 1.04. The van der Waals surface area contributed by atoms with E-state index in [9.17, 15) is 0 Å². The summed E-state index contributed by atoms with van der Waals surface area (Å²) in [6.45, 7) is 2.30. The van der Waals surface area contributed by atoms with Gasteiger partial charge in [-0.1, -0.05) is 96.8 Å². The molecule has 5 nitrogen and oxygen atoms in total. The molecule has 0 N–H and O–H groups in total. The van der Waals surface area contributed by atoms with Crippen LogP contribution in [0.4, 0.5) is 17.1 Å². The lowest BCUT2D eigenvalue weighted by Crippen LogP contribution is -2.28. The van der Waals surface area contributed by atoms with E-state index in [0.29, 0.717) is 0 Å². The van der Waals surface area contributed by atoms with E-state index in [4.69, 9.17) is 9.98 Å². The van der Waals surface area contributed by atoms with Gasteiger partial charge in [-0.05, 0) is 31.0 Å². The molecule has 0 aromatic heterocycles. The maximum atomic E-state index is 5.28. The lowest BCUT2D eigenvalue weighted by atomic mass is 9.97. The largest absolute Gasteiger partial charge is 0.378 e. The molecule has 1 aromatic rings. The molecule has 1 heterocycles. The summed E-state index contributed by atoms with van der Waals surface area (Å²) in [6.07, 6.45) is 21.9. The lowest BCUT2D eigenvalue weighted by molar-refractivity contribution is 0.532. The number of benzene rings is 2. The summed E-state index contributed by atoms with van der Waals surface area (Å²) in [4.78, 5) is 18.0. The molecular formula is C36H59N5S. The average molecular weight is 594 g/mol. The van der Waals surface area contributed by atoms with Gasteiger partial charge in [-0.25, -0.2) is 4.98 Å². The van der Waals surface area contributed by atoms with Crippen LogP contribution in [0.3, 0.4) is 0 Å². The molecule has 0 unspecified atom stereocenters. The summed E-state index contributed by atoms with van der Waals surface area (Å²) < 4.78 is 1.21. The van der Waals surface area contributed by atoms with Gasteiger partial charge in [0.1, 0.15) is 5.69 Å². The van der Waals surface area contributed by atoms with Crippen LogP contribution in [0.15, 0.2) is 23.2 Å². The van der Waals surface area contributed by atoms with E-state index in [-0.39, 0.29) is 0 Å². The Bertz CT molecular complexity index is 1260. The van der Waals surface area contributed by atoms with E-state index in [1.165, 1.54) is 129 Å². The predicted molar refractivity (Wildman–Crippen MR) is 189 cm³/mol. The quantitative estimate of drug-likeness (QED) is 0.102. The molecule has 0 radical (unpaired) electrons. The Kier molecular flexibility index (Phi) is 14.4. The maximum absolute atomic E-state index is 5.28. The predicted octanol–water partition coefficient (Wildman–Crippen LogP) is 9.54. The Morgan fingerprint density at radius 3 is 1.67 bits per heavy atom. The highest BCUT2D eigenvalue weighted by atomic mass is 32.1. The fourth-order valence-corrected chi connectivity index (χ4v) is 7.39. The second-order valence-corrected chi connectivity index (χ2v) is 13.7. The first-order valence-corrected chi connectivity index (χ1v) is 17.5. The second kappa shape index (κ2) is 17.7. The van der Waals surface area contributed by atoms with E-state index in [0.717, 1.165) is 23.0 Å². The smallest absolute Gasteiger partial charge is 0.107 e. The van der Waals surface area contributed by atoms with Crippen LogP contribution in [-0.4, -0.2) is 54.3 Å². The molecule has 2 aliphatic rings. The first kappa shape index (κ1) is 34.2. The number of rotatable bonds is 19. The fraction of sp³-hybridized carbons (Fsp3) is 0.667. The van der Waals surface area contributed by atoms with Crippen LogP contribution in [0, 0.1) is 0 Å². The zero-order chi connectivity index (χ0) is 30.5. The van der Waals surface area contributed by atoms with Crippen LogP contribution in [0.1, 0.15) is 109 Å². The van der Waals surface area contributed by atoms with E-state index in [1.807, 2.05) is 18.4 Å². The Morgan fingerprint density at radius 1 is 0.667 bits per heavy atom. The van der Waals surface area contributed by atoms with E-state index < -0.39 is 0 Å². The van der Waals surface area contributed by atoms with Gasteiger partial charge in [0.15, 0.2) is 0 Å². The average Bonchev–Trinajstić information content (AvgIpc) is 2.96. The third-order valence-electron chi connectivity index (χ3n) is 8.50. The molecule has 0 atom stereocenters. The molecule has 1 aromatic carbocycles. The second-order valence-electron chi connectivity index (χ2n) is 12.7. The minimum Gasteiger partial charge on any atom is -0.378 e. The standard InChI is InChI=1S/C36H59N5S/c1-9-10-11-12-13-14-15-16-17-18-19-20-21-22-23-24-29-32(37-2)35(41(7)8)36-33(34(29)40(5)6)38-30-26-25-28(39(3)4)27-31(30)42-36/h25-27H,9-24H2,1-8H3. The van der Waals surface area contributed by atoms with E-state index in [2.05, 4.69) is 82.1 Å². The lowest BCUT2D eigenvalue weighted by Gasteiger charge is -2.28. The van der Waals surface area contributed by atoms with Crippen molar-refractivity contribution in [1.29, 1.82) is 0 Å². The molecule has 3 rings (SSSR count). The molecule has 0 spiro atoms. The van der Waals surface area contributed by atoms with E-state index >= 15 is 0 Å². The summed E-state index contributed by atoms with van der Waals surface area (Å²) in [5.74, 6) is 0. The van der Waals surface area contributed by atoms with Crippen molar-refractivity contribution in [3.63, 3.8) is 0 Å². The number of fused-ring (bicyclic) bond motifs is 2. The molecule has 1 aliphatic heterocycles. The molecule has 1 aliphatic carbocycles. The SMILES string of the molecule is CCCCCCCCCCCCCCCCCc1c(N(C)C)c2nc3ccc(N(C)C)cc3sc-2c(N(C)C)c1=NC. The summed E-state index contributed by atoms with van der Waals surface area (Å²) in [5.41, 5.74) is 7.13. The van der Waals surface area contributed by atoms with Crippen molar-refractivity contribution < 1.29 is 0 Å². The first-order valence-electron chi connectivity index (χ1n) is 16.7. The van der Waals surface area contributed by atoms with E-state index in [1.54, 1.807) is 0 Å². The van der Waals surface area contributed by atoms with Gasteiger partial charge in [0, 0.05) is 60.6 Å². The zero-order valence-electron chi connectivity index (χ0n) is 28.2. The normalized spacial score (nSPS) is 12.0. The third kappa shape index (κ3) is 9.33. The number of nitrogens with zero attached hydrogens (tertiary/aromatic N) is 5. The summed E-state index contributed by atoms with van der Waals surface area (Å²) >= 11 is 1.84. The van der Waals surface area contributed by atoms with Crippen LogP contribution in [0.5, 0.6) is 0 Å². The van der Waals surface area contributed by atoms with Crippen molar-refractivity contribution >= 4 is 38.6 Å². The molecular weight excluding hydrogens is 534 g/mol. The van der Waals surface area contributed by atoms with Gasteiger partial charge in [0.05, 0.1) is 31.8 Å². The van der Waals surface area contributed by atoms with Crippen LogP contribution in [0.25, 0.3) is 20.8 Å². The number of aromatic nitrogens is 1. The minimum atomic E-state index is 1.04. The fourth-order valence-electron chi connectivity index (χ4n) is 6.16. The highest BCUT2D eigenvalue weighted by Gasteiger charge is 2.26. The Labute approximate surface area is 261 Å². The molecule has 0 fully saturated rings. The molecule has 6 heteroatoms. The molecule has 42 heavy (non-hydrogen) atoms. The molecule has 0 bridgehead atoms. The highest BCUT2D eigenvalue weighted by Crippen LogP contribution is 2.43. The first-order chi connectivity index (χ1) is 20.3. The van der Waals surface area contributed by atoms with Gasteiger partial charge in [-0.2, -0.15) is 0 Å². The Morgan fingerprint density at radius 2 is 1.19 bits per heavy atom. The molecule has 0 saturated carbocycles. The molecule has 0 saturated heterocycles. The van der Waals surface area contributed by atoms with Crippen LogP contribution < -0.4 is 20.1 Å². The van der Waals surface area contributed by atoms with Crippen molar-refractivity contribution in [2.45, 2.75) is 110 Å². The van der Waals surface area contributed by atoms with Gasteiger partial charge in [-0.15, -0.1) is 11.3 Å². The van der Waals surface area contributed by atoms with Crippen LogP contribution in [-0.2, 0) is 6.42 Å². The van der Waals surface area contributed by atoms with Gasteiger partial charge < -0.3 is 14.7 Å². The van der Waals surface area contributed by atoms with Gasteiger partial charge in [0.25, 0.3) is 0 Å². The summed E-state index contributed by atoms with van der Waals surface area (Å²) in [6, 6.07) is 6.59. The van der Waals surface area contributed by atoms with Crippen molar-refractivity contribution in [2.24, 2.45) is 4.99 Å². The van der Waals surface area contributed by atoms with Crippen molar-refractivity contribution in [3.8, 4) is 10.6 Å². The molecule has 234 valence electrons. The molecule has 0 amide bonds. The van der Waals surface area contributed by atoms with Gasteiger partial charge in [-0.3, -0.25) is 4.99 Å². The Hall–Kier alpha value is -2.34. The number of anilines is 3. The third-order valence-corrected chi connectivity index (χ3v) is 9.64. The number of unbranched alkanes of at least 4 members (excludes halogenated alkanes) is 14. The number of hydrogen-bond acceptors (Lipinski definition) is 6. The Balaban J connectivity index is 1.65. The van der Waals surface area contributed by atoms with Crippen LogP contribution in [0.2, 0.25) is 0 Å². The van der Waals surface area contributed by atoms with Crippen LogP contribution >= 0.6 is 11.3 Å². The maximum Gasteiger partial charge on any atom is 0.107 e. The zero-order valence-corrected chi connectivity index (χ0v) is 29.0. The van der Waals surface area contributed by atoms with Crippen molar-refractivity contribution in [1.82, 2.24) is 4.98 Å². The summed E-state index contributed by atoms with van der Waals surface area (Å²) in [7, 11) is 14.7. The number of hydrogen-bond donors (Lipinski definition) is 0. The summed E-state index contributed by atoms with van der Waals surface area (Å²) in [5, 5.41) is 1.13. The van der Waals surface area contributed by atoms with Gasteiger partial charge in [0.2, 0.25) is 0 Å². The topological polar surface area (TPSA) is 35.0 Å². The monoisotopic (exact) mass is 593 g/mol. The highest BCUT2D eigenvalue weighted by molar-refractivity contribution is 7.22. The van der Waals surface area contributed by atoms with Gasteiger partial charge >= 0.3 is 0 Å².